The number of amides is 1. The molecule has 1 amide bonds. The van der Waals surface area contributed by atoms with Crippen molar-refractivity contribution in [3.05, 3.63) is 35.5 Å². The lowest BCUT2D eigenvalue weighted by molar-refractivity contribution is 0.0312. The number of carbonyl (C=O) groups excluding carboxylic acids is 1. The van der Waals surface area contributed by atoms with Gasteiger partial charge >= 0.3 is 0 Å². The molecule has 2 unspecified atom stereocenters. The predicted octanol–water partition coefficient (Wildman–Crippen LogP) is 3.32. The number of fused-ring (bicyclic) bond motifs is 4. The van der Waals surface area contributed by atoms with E-state index in [1.165, 1.54) is 45.2 Å². The van der Waals surface area contributed by atoms with Crippen molar-refractivity contribution >= 4 is 5.91 Å². The van der Waals surface area contributed by atoms with Crippen LogP contribution in [0, 0.1) is 5.92 Å². The van der Waals surface area contributed by atoms with Gasteiger partial charge in [0.15, 0.2) is 0 Å². The van der Waals surface area contributed by atoms with E-state index in [4.69, 9.17) is 9.47 Å². The first-order chi connectivity index (χ1) is 15.3. The highest BCUT2D eigenvalue weighted by atomic mass is 16.5. The molecule has 2 saturated heterocycles. The van der Waals surface area contributed by atoms with Gasteiger partial charge in [0.1, 0.15) is 23.7 Å². The van der Waals surface area contributed by atoms with Crippen molar-refractivity contribution < 1.29 is 14.3 Å². The quantitative estimate of drug-likeness (QED) is 0.770. The summed E-state index contributed by atoms with van der Waals surface area (Å²) in [5.41, 5.74) is 3.17. The van der Waals surface area contributed by atoms with Crippen molar-refractivity contribution in [1.29, 1.82) is 0 Å². The number of aromatic amines is 1. The minimum absolute atomic E-state index is 0.00159. The van der Waals surface area contributed by atoms with E-state index in [-0.39, 0.29) is 5.91 Å². The first-order valence-electron chi connectivity index (χ1n) is 11.6. The normalized spacial score (nSPS) is 22.7. The molecule has 1 aromatic carbocycles. The zero-order valence-corrected chi connectivity index (χ0v) is 18.3. The molecule has 2 fully saturated rings. The van der Waals surface area contributed by atoms with Crippen LogP contribution < -0.4 is 4.74 Å². The molecule has 166 valence electrons. The summed E-state index contributed by atoms with van der Waals surface area (Å²) < 4.78 is 11.3. The fraction of sp³-hybridized carbons (Fsp3) is 0.583. The van der Waals surface area contributed by atoms with Crippen LogP contribution in [-0.4, -0.2) is 71.8 Å². The summed E-state index contributed by atoms with van der Waals surface area (Å²) >= 11 is 0. The average Bonchev–Trinajstić information content (AvgIpc) is 3.26. The van der Waals surface area contributed by atoms with E-state index in [2.05, 4.69) is 15.1 Å². The number of hydrogen-bond donors (Lipinski definition) is 1. The highest BCUT2D eigenvalue weighted by Gasteiger charge is 2.36. The SMILES string of the molecule is COCCN(CC1CCCN2CCCCC12)C(=O)c1[nH]nc2c1COc1ccccc1-2. The first kappa shape index (κ1) is 20.5. The molecule has 4 heterocycles. The molecule has 3 aliphatic heterocycles. The van der Waals surface area contributed by atoms with Gasteiger partial charge in [-0.1, -0.05) is 18.6 Å². The number of piperidine rings is 2. The van der Waals surface area contributed by atoms with E-state index >= 15 is 0 Å². The van der Waals surface area contributed by atoms with Crippen molar-refractivity contribution in [3.8, 4) is 17.0 Å². The van der Waals surface area contributed by atoms with Crippen molar-refractivity contribution in [1.82, 2.24) is 20.0 Å². The standard InChI is InChI=1S/C24H32N4O3/c1-30-14-13-28(15-17-7-6-12-27-11-5-4-9-20(17)27)24(29)23-19-16-31-21-10-3-2-8-18(21)22(19)25-26-23/h2-3,8,10,17,20H,4-7,9,11-16H2,1H3,(H,25,26). The topological polar surface area (TPSA) is 70.7 Å². The average molecular weight is 425 g/mol. The van der Waals surface area contributed by atoms with E-state index in [9.17, 15) is 4.79 Å². The third-order valence-electron chi connectivity index (χ3n) is 7.13. The fourth-order valence-electron chi connectivity index (χ4n) is 5.55. The molecule has 7 nitrogen and oxygen atoms in total. The number of para-hydroxylation sites is 1. The molecule has 2 aromatic rings. The van der Waals surface area contributed by atoms with E-state index < -0.39 is 0 Å². The molecule has 31 heavy (non-hydrogen) atoms. The van der Waals surface area contributed by atoms with Crippen molar-refractivity contribution in [2.24, 2.45) is 5.92 Å². The molecule has 3 aliphatic rings. The Morgan fingerprint density at radius 2 is 2.13 bits per heavy atom. The predicted molar refractivity (Wildman–Crippen MR) is 118 cm³/mol. The fourth-order valence-corrected chi connectivity index (χ4v) is 5.55. The highest BCUT2D eigenvalue weighted by Crippen LogP contribution is 2.37. The van der Waals surface area contributed by atoms with Gasteiger partial charge in [-0.2, -0.15) is 5.10 Å². The second-order valence-electron chi connectivity index (χ2n) is 8.96. The van der Waals surface area contributed by atoms with Crippen molar-refractivity contribution in [2.45, 2.75) is 44.8 Å². The minimum atomic E-state index is 0.00159. The Morgan fingerprint density at radius 1 is 1.26 bits per heavy atom. The van der Waals surface area contributed by atoms with Crippen LogP contribution in [0.25, 0.3) is 11.3 Å². The summed E-state index contributed by atoms with van der Waals surface area (Å²) in [4.78, 5) is 18.3. The first-order valence-corrected chi connectivity index (χ1v) is 11.6. The Labute approximate surface area is 183 Å². The third-order valence-corrected chi connectivity index (χ3v) is 7.13. The molecule has 0 spiro atoms. The molecular formula is C24H32N4O3. The second-order valence-corrected chi connectivity index (χ2v) is 8.96. The van der Waals surface area contributed by atoms with E-state index in [0.29, 0.717) is 37.4 Å². The van der Waals surface area contributed by atoms with Crippen LogP contribution in [0.1, 0.15) is 48.2 Å². The monoisotopic (exact) mass is 424 g/mol. The second kappa shape index (κ2) is 9.01. The molecule has 2 atom stereocenters. The van der Waals surface area contributed by atoms with E-state index in [0.717, 1.165) is 29.1 Å². The smallest absolute Gasteiger partial charge is 0.272 e. The summed E-state index contributed by atoms with van der Waals surface area (Å²) in [5.74, 6) is 1.34. The van der Waals surface area contributed by atoms with Crippen LogP contribution in [0.2, 0.25) is 0 Å². The lowest BCUT2D eigenvalue weighted by atomic mass is 9.83. The number of ether oxygens (including phenoxy) is 2. The Morgan fingerprint density at radius 3 is 3.03 bits per heavy atom. The third kappa shape index (κ3) is 3.96. The number of nitrogens with zero attached hydrogens (tertiary/aromatic N) is 3. The summed E-state index contributed by atoms with van der Waals surface area (Å²) in [6.45, 7) is 4.67. The summed E-state index contributed by atoms with van der Waals surface area (Å²) in [5, 5.41) is 7.54. The number of nitrogens with one attached hydrogen (secondary N) is 1. The van der Waals surface area contributed by atoms with Crippen LogP contribution in [0.5, 0.6) is 5.75 Å². The van der Waals surface area contributed by atoms with Crippen LogP contribution >= 0.6 is 0 Å². The summed E-state index contributed by atoms with van der Waals surface area (Å²) in [7, 11) is 1.69. The maximum atomic E-state index is 13.7. The number of hydrogen-bond acceptors (Lipinski definition) is 5. The molecule has 1 N–H and O–H groups in total. The Bertz CT molecular complexity index is 925. The summed E-state index contributed by atoms with van der Waals surface area (Å²) in [6, 6.07) is 8.46. The Balaban J connectivity index is 1.38. The van der Waals surface area contributed by atoms with Gasteiger partial charge in [0.2, 0.25) is 0 Å². The van der Waals surface area contributed by atoms with Gasteiger partial charge < -0.3 is 19.3 Å². The molecular weight excluding hydrogens is 392 g/mol. The number of aromatic nitrogens is 2. The van der Waals surface area contributed by atoms with Crippen LogP contribution in [0.4, 0.5) is 0 Å². The highest BCUT2D eigenvalue weighted by molar-refractivity contribution is 5.96. The van der Waals surface area contributed by atoms with E-state index in [1.54, 1.807) is 7.11 Å². The molecule has 5 rings (SSSR count). The van der Waals surface area contributed by atoms with Crippen LogP contribution in [-0.2, 0) is 11.3 Å². The molecule has 7 heteroatoms. The number of methoxy groups -OCH3 is 1. The number of benzene rings is 1. The van der Waals surface area contributed by atoms with Gasteiger partial charge in [-0.25, -0.2) is 0 Å². The lowest BCUT2D eigenvalue weighted by Crippen LogP contribution is -2.52. The lowest BCUT2D eigenvalue weighted by Gasteiger charge is -2.45. The van der Waals surface area contributed by atoms with Gasteiger partial charge in [0, 0.05) is 37.4 Å². The zero-order valence-electron chi connectivity index (χ0n) is 18.3. The van der Waals surface area contributed by atoms with Gasteiger partial charge in [-0.15, -0.1) is 0 Å². The Hall–Kier alpha value is -2.38. The molecule has 0 aliphatic carbocycles. The van der Waals surface area contributed by atoms with Gasteiger partial charge in [-0.3, -0.25) is 9.89 Å². The van der Waals surface area contributed by atoms with E-state index in [1.807, 2.05) is 29.2 Å². The van der Waals surface area contributed by atoms with Gasteiger partial charge in [-0.05, 0) is 56.8 Å². The van der Waals surface area contributed by atoms with Crippen LogP contribution in [0.15, 0.2) is 24.3 Å². The molecule has 0 radical (unpaired) electrons. The van der Waals surface area contributed by atoms with Crippen molar-refractivity contribution in [3.63, 3.8) is 0 Å². The van der Waals surface area contributed by atoms with Gasteiger partial charge in [0.25, 0.3) is 5.91 Å². The van der Waals surface area contributed by atoms with Crippen molar-refractivity contribution in [2.75, 3.05) is 39.9 Å². The number of carbonyl (C=O) groups is 1. The Kier molecular flexibility index (Phi) is 5.96. The minimum Gasteiger partial charge on any atom is -0.488 e. The summed E-state index contributed by atoms with van der Waals surface area (Å²) in [6.07, 6.45) is 6.26. The number of H-pyrrole nitrogens is 1. The molecule has 1 aromatic heterocycles. The number of rotatable bonds is 6. The maximum absolute atomic E-state index is 13.7. The maximum Gasteiger partial charge on any atom is 0.272 e. The zero-order chi connectivity index (χ0) is 21.2. The molecule has 0 bridgehead atoms. The van der Waals surface area contributed by atoms with Gasteiger partial charge in [0.05, 0.1) is 6.61 Å². The largest absolute Gasteiger partial charge is 0.488 e. The van der Waals surface area contributed by atoms with Crippen LogP contribution in [0.3, 0.4) is 0 Å². The molecule has 0 saturated carbocycles.